The predicted molar refractivity (Wildman–Crippen MR) is 80.9 cm³/mol. The molecule has 0 amide bonds. The summed E-state index contributed by atoms with van der Waals surface area (Å²) in [6.45, 7) is 5.73. The van der Waals surface area contributed by atoms with Crippen LogP contribution in [0.2, 0.25) is 0 Å². The summed E-state index contributed by atoms with van der Waals surface area (Å²) >= 11 is 6.49. The molecule has 0 bridgehead atoms. The van der Waals surface area contributed by atoms with Crippen molar-refractivity contribution < 1.29 is 8.42 Å². The van der Waals surface area contributed by atoms with E-state index < -0.39 is 10.0 Å². The minimum atomic E-state index is -3.63. The normalized spacial score (nSPS) is 13.9. The molecule has 1 aromatic rings. The summed E-state index contributed by atoms with van der Waals surface area (Å²) in [7, 11) is -3.63. The zero-order valence-electron chi connectivity index (χ0n) is 10.4. The maximum Gasteiger partial charge on any atom is 0.243 e. The Labute approximate surface area is 125 Å². The van der Waals surface area contributed by atoms with Gasteiger partial charge in [0, 0.05) is 15.0 Å². The number of halogens is 2. The molecule has 18 heavy (non-hydrogen) atoms. The first kappa shape index (κ1) is 15.9. The molecule has 0 spiro atoms. The number of anilines is 1. The van der Waals surface area contributed by atoms with Gasteiger partial charge in [-0.3, -0.25) is 0 Å². The Hall–Kier alpha value is -0.110. The Bertz CT molecular complexity index is 521. The van der Waals surface area contributed by atoms with Gasteiger partial charge in [0.1, 0.15) is 4.90 Å². The van der Waals surface area contributed by atoms with Crippen molar-refractivity contribution in [3.8, 4) is 0 Å². The lowest BCUT2D eigenvalue weighted by molar-refractivity contribution is 0.476. The van der Waals surface area contributed by atoms with Crippen molar-refractivity contribution in [2.24, 2.45) is 5.92 Å². The largest absolute Gasteiger partial charge is 0.398 e. The number of hydrogen-bond acceptors (Lipinski definition) is 3. The summed E-state index contributed by atoms with van der Waals surface area (Å²) in [5.41, 5.74) is 5.99. The molecule has 0 aliphatic rings. The topological polar surface area (TPSA) is 72.2 Å². The van der Waals surface area contributed by atoms with E-state index >= 15 is 0 Å². The standard InChI is InChI=1S/C11H16Br2N2O2S/c1-6(2)7(3)15-18(16,17)11-9(13)4-8(12)5-10(11)14/h4-7,15H,14H2,1-3H3. The molecular formula is C11H16Br2N2O2S. The number of nitrogens with one attached hydrogen (secondary N) is 1. The molecule has 1 aromatic carbocycles. The zero-order chi connectivity index (χ0) is 14.1. The van der Waals surface area contributed by atoms with Gasteiger partial charge in [-0.15, -0.1) is 0 Å². The Morgan fingerprint density at radius 3 is 2.22 bits per heavy atom. The third-order valence-electron chi connectivity index (χ3n) is 2.65. The molecule has 1 atom stereocenters. The average Bonchev–Trinajstić information content (AvgIpc) is 2.13. The second-order valence-electron chi connectivity index (χ2n) is 4.46. The van der Waals surface area contributed by atoms with Crippen LogP contribution in [-0.4, -0.2) is 14.5 Å². The van der Waals surface area contributed by atoms with Crippen LogP contribution in [0.1, 0.15) is 20.8 Å². The van der Waals surface area contributed by atoms with Crippen LogP contribution in [0.4, 0.5) is 5.69 Å². The lowest BCUT2D eigenvalue weighted by Gasteiger charge is -2.19. The molecule has 3 N–H and O–H groups in total. The third-order valence-corrected chi connectivity index (χ3v) is 5.67. The molecule has 102 valence electrons. The van der Waals surface area contributed by atoms with E-state index in [4.69, 9.17) is 5.73 Å². The number of nitrogen functional groups attached to an aromatic ring is 1. The van der Waals surface area contributed by atoms with E-state index in [0.717, 1.165) is 4.47 Å². The predicted octanol–water partition coefficient (Wildman–Crippen LogP) is 3.12. The summed E-state index contributed by atoms with van der Waals surface area (Å²) in [4.78, 5) is 0.0817. The second-order valence-corrected chi connectivity index (χ2v) is 7.88. The maximum absolute atomic E-state index is 12.3. The Morgan fingerprint density at radius 1 is 1.22 bits per heavy atom. The number of nitrogens with two attached hydrogens (primary N) is 1. The molecule has 0 saturated heterocycles. The average molecular weight is 400 g/mol. The van der Waals surface area contributed by atoms with Crippen LogP contribution in [-0.2, 0) is 10.0 Å². The van der Waals surface area contributed by atoms with E-state index in [2.05, 4.69) is 36.6 Å². The van der Waals surface area contributed by atoms with Crippen LogP contribution >= 0.6 is 31.9 Å². The minimum Gasteiger partial charge on any atom is -0.398 e. The van der Waals surface area contributed by atoms with E-state index in [1.165, 1.54) is 0 Å². The number of sulfonamides is 1. The molecule has 7 heteroatoms. The van der Waals surface area contributed by atoms with Crippen molar-refractivity contribution in [1.82, 2.24) is 4.72 Å². The molecule has 0 fully saturated rings. The van der Waals surface area contributed by atoms with Crippen molar-refractivity contribution in [2.45, 2.75) is 31.7 Å². The van der Waals surface area contributed by atoms with Gasteiger partial charge >= 0.3 is 0 Å². The maximum atomic E-state index is 12.3. The van der Waals surface area contributed by atoms with Gasteiger partial charge in [0.05, 0.1) is 5.69 Å². The molecule has 0 aromatic heterocycles. The van der Waals surface area contributed by atoms with Gasteiger partial charge in [0.2, 0.25) is 10.0 Å². The summed E-state index contributed by atoms with van der Waals surface area (Å²) in [5.74, 6) is 0.204. The molecule has 0 saturated carbocycles. The molecule has 4 nitrogen and oxygen atoms in total. The lowest BCUT2D eigenvalue weighted by Crippen LogP contribution is -2.36. The fourth-order valence-corrected chi connectivity index (χ4v) is 4.77. The van der Waals surface area contributed by atoms with Crippen molar-refractivity contribution >= 4 is 47.6 Å². The first-order valence-electron chi connectivity index (χ1n) is 5.42. The third kappa shape index (κ3) is 3.69. The highest BCUT2D eigenvalue weighted by Crippen LogP contribution is 2.31. The fraction of sp³-hybridized carbons (Fsp3) is 0.455. The smallest absolute Gasteiger partial charge is 0.243 e. The second kappa shape index (κ2) is 5.90. The highest BCUT2D eigenvalue weighted by atomic mass is 79.9. The molecule has 0 radical (unpaired) electrons. The van der Waals surface area contributed by atoms with Crippen molar-refractivity contribution in [3.63, 3.8) is 0 Å². The van der Waals surface area contributed by atoms with Gasteiger partial charge in [0.15, 0.2) is 0 Å². The molecular weight excluding hydrogens is 384 g/mol. The van der Waals surface area contributed by atoms with E-state index in [0.29, 0.717) is 4.47 Å². The van der Waals surface area contributed by atoms with E-state index in [-0.39, 0.29) is 22.5 Å². The fourth-order valence-electron chi connectivity index (χ4n) is 1.30. The van der Waals surface area contributed by atoms with Gasteiger partial charge in [-0.05, 0) is 40.9 Å². The first-order valence-corrected chi connectivity index (χ1v) is 8.49. The van der Waals surface area contributed by atoms with Crippen LogP contribution < -0.4 is 10.5 Å². The van der Waals surface area contributed by atoms with Crippen LogP contribution in [0.15, 0.2) is 26.0 Å². The highest BCUT2D eigenvalue weighted by Gasteiger charge is 2.24. The SMILES string of the molecule is CC(C)C(C)NS(=O)(=O)c1c(N)cc(Br)cc1Br. The zero-order valence-corrected chi connectivity index (χ0v) is 14.4. The van der Waals surface area contributed by atoms with E-state index in [1.54, 1.807) is 12.1 Å². The number of benzene rings is 1. The van der Waals surface area contributed by atoms with Crippen molar-refractivity contribution in [3.05, 3.63) is 21.1 Å². The van der Waals surface area contributed by atoms with Gasteiger partial charge in [-0.1, -0.05) is 29.8 Å². The monoisotopic (exact) mass is 398 g/mol. The summed E-state index contributed by atoms with van der Waals surface area (Å²) in [6, 6.07) is 3.06. The van der Waals surface area contributed by atoms with Crippen LogP contribution in [0.3, 0.4) is 0 Å². The molecule has 0 heterocycles. The van der Waals surface area contributed by atoms with Crippen LogP contribution in [0.25, 0.3) is 0 Å². The summed E-state index contributed by atoms with van der Waals surface area (Å²) in [6.07, 6.45) is 0. The highest BCUT2D eigenvalue weighted by molar-refractivity contribution is 9.11. The van der Waals surface area contributed by atoms with E-state index in [9.17, 15) is 8.42 Å². The molecule has 1 unspecified atom stereocenters. The Kier molecular flexibility index (Phi) is 5.22. The lowest BCUT2D eigenvalue weighted by atomic mass is 10.1. The molecule has 0 aliphatic heterocycles. The van der Waals surface area contributed by atoms with Crippen LogP contribution in [0.5, 0.6) is 0 Å². The molecule has 1 rings (SSSR count). The molecule has 0 aliphatic carbocycles. The summed E-state index contributed by atoms with van der Waals surface area (Å²) in [5, 5.41) is 0. The van der Waals surface area contributed by atoms with E-state index in [1.807, 2.05) is 20.8 Å². The Morgan fingerprint density at radius 2 is 1.78 bits per heavy atom. The minimum absolute atomic E-state index is 0.0817. The first-order chi connectivity index (χ1) is 8.15. The quantitative estimate of drug-likeness (QED) is 0.764. The van der Waals surface area contributed by atoms with Gasteiger partial charge in [-0.25, -0.2) is 13.1 Å². The van der Waals surface area contributed by atoms with Gasteiger partial charge in [-0.2, -0.15) is 0 Å². The van der Waals surface area contributed by atoms with Crippen LogP contribution in [0, 0.1) is 5.92 Å². The number of hydrogen-bond donors (Lipinski definition) is 2. The van der Waals surface area contributed by atoms with Gasteiger partial charge < -0.3 is 5.73 Å². The Balaban J connectivity index is 3.21. The van der Waals surface area contributed by atoms with Crippen molar-refractivity contribution in [2.75, 3.05) is 5.73 Å². The van der Waals surface area contributed by atoms with Gasteiger partial charge in [0.25, 0.3) is 0 Å². The summed E-state index contributed by atoms with van der Waals surface area (Å²) < 4.78 is 28.3. The van der Waals surface area contributed by atoms with Crippen molar-refractivity contribution in [1.29, 1.82) is 0 Å². The number of rotatable bonds is 4.